The minimum Gasteiger partial charge on any atom is -0.251 e. The summed E-state index contributed by atoms with van der Waals surface area (Å²) in [7, 11) is 0. The van der Waals surface area contributed by atoms with Crippen molar-refractivity contribution < 1.29 is 0 Å². The third-order valence-corrected chi connectivity index (χ3v) is 12.5. The summed E-state index contributed by atoms with van der Waals surface area (Å²) in [5.74, 6) is 0. The van der Waals surface area contributed by atoms with Crippen LogP contribution in [0, 0.1) is 0 Å². The lowest BCUT2D eigenvalue weighted by atomic mass is 9.98. The van der Waals surface area contributed by atoms with Gasteiger partial charge in [-0.3, -0.25) is 4.99 Å². The third-order valence-electron chi connectivity index (χ3n) is 12.5. The molecular formula is C58H98N2. The Kier molecular flexibility index (Phi) is 34.2. The van der Waals surface area contributed by atoms with E-state index in [0.717, 1.165) is 87.0 Å². The molecule has 0 amide bonds. The number of rotatable bonds is 40. The summed E-state index contributed by atoms with van der Waals surface area (Å²) in [6.45, 7) is 13.7. The standard InChI is InChI=1S/C58H98N2/c1-7-13-15-16-17-18-19-20-21-22-23-24-25-26-27-28-29-30-31-32-33-34-35-36-37-38-44-58(60-56-48-46-52(40-10-4)54(50-56)42-12-6)57(43-14-8-2)59-55-47-45-51(39-9-3)53(49-55)41-11-5/h38,44-50H,7-37,39-43H2,1-6H3/b44-38+,59-57?,60-58?. The van der Waals surface area contributed by atoms with Crippen LogP contribution >= 0.6 is 0 Å². The lowest BCUT2D eigenvalue weighted by Crippen LogP contribution is -2.12. The highest BCUT2D eigenvalue weighted by molar-refractivity contribution is 6.47. The van der Waals surface area contributed by atoms with Crippen LogP contribution < -0.4 is 0 Å². The largest absolute Gasteiger partial charge is 0.251 e. The zero-order valence-corrected chi connectivity index (χ0v) is 41.0. The average Bonchev–Trinajstić information content (AvgIpc) is 3.25. The van der Waals surface area contributed by atoms with Crippen molar-refractivity contribution in [1.29, 1.82) is 0 Å². The first-order valence-corrected chi connectivity index (χ1v) is 26.7. The number of benzene rings is 2. The smallest absolute Gasteiger partial charge is 0.0848 e. The topological polar surface area (TPSA) is 24.7 Å². The summed E-state index contributed by atoms with van der Waals surface area (Å²) in [5.41, 5.74) is 10.2. The molecule has 0 unspecified atom stereocenters. The summed E-state index contributed by atoms with van der Waals surface area (Å²) in [6.07, 6.45) is 52.7. The van der Waals surface area contributed by atoms with Gasteiger partial charge < -0.3 is 0 Å². The monoisotopic (exact) mass is 823 g/mol. The second-order valence-corrected chi connectivity index (χ2v) is 18.4. The number of allylic oxidation sites excluding steroid dienone is 2. The molecule has 0 bridgehead atoms. The highest BCUT2D eigenvalue weighted by atomic mass is 14.8. The van der Waals surface area contributed by atoms with Crippen molar-refractivity contribution in [3.63, 3.8) is 0 Å². The van der Waals surface area contributed by atoms with Gasteiger partial charge in [-0.15, -0.1) is 0 Å². The van der Waals surface area contributed by atoms with Crippen LogP contribution in [0.2, 0.25) is 0 Å². The van der Waals surface area contributed by atoms with Crippen molar-refractivity contribution >= 4 is 22.8 Å². The summed E-state index contributed by atoms with van der Waals surface area (Å²) in [5, 5.41) is 0. The van der Waals surface area contributed by atoms with Gasteiger partial charge >= 0.3 is 0 Å². The van der Waals surface area contributed by atoms with Crippen LogP contribution in [0.1, 0.15) is 269 Å². The third kappa shape index (κ3) is 26.1. The Morgan fingerprint density at radius 3 is 1.10 bits per heavy atom. The fourth-order valence-corrected chi connectivity index (χ4v) is 8.89. The summed E-state index contributed by atoms with van der Waals surface area (Å²) >= 11 is 0. The SMILES string of the molecule is CCCCCCCCCCCCCCCCCCCCCCCCCC/C=C/C(=Nc1ccc(CCC)c(CCC)c1)C(CCCC)=Nc1ccc(CCC)c(CCC)c1. The molecule has 2 rings (SSSR count). The van der Waals surface area contributed by atoms with Gasteiger partial charge in [-0.05, 0) is 104 Å². The lowest BCUT2D eigenvalue weighted by molar-refractivity contribution is 0.517. The number of aliphatic imine (C=N–C) groups is 2. The minimum absolute atomic E-state index is 0.953. The number of hydrogen-bond acceptors (Lipinski definition) is 2. The molecule has 2 aromatic carbocycles. The van der Waals surface area contributed by atoms with Crippen molar-refractivity contribution in [1.82, 2.24) is 0 Å². The molecule has 60 heavy (non-hydrogen) atoms. The Balaban J connectivity index is 1.81. The highest BCUT2D eigenvalue weighted by Gasteiger charge is 2.11. The molecule has 0 aliphatic rings. The molecule has 0 heterocycles. The van der Waals surface area contributed by atoms with Gasteiger partial charge in [0.2, 0.25) is 0 Å². The molecule has 0 saturated heterocycles. The first-order chi connectivity index (χ1) is 29.6. The van der Waals surface area contributed by atoms with Crippen molar-refractivity contribution in [2.24, 2.45) is 9.98 Å². The fraction of sp³-hybridized carbons (Fsp3) is 0.724. The van der Waals surface area contributed by atoms with Crippen molar-refractivity contribution in [2.75, 3.05) is 0 Å². The van der Waals surface area contributed by atoms with Gasteiger partial charge in [0, 0.05) is 0 Å². The van der Waals surface area contributed by atoms with Gasteiger partial charge in [0.1, 0.15) is 0 Å². The molecule has 2 heteroatoms. The molecule has 0 aliphatic carbocycles. The van der Waals surface area contributed by atoms with Crippen LogP contribution in [-0.4, -0.2) is 11.4 Å². The molecule has 0 aromatic heterocycles. The van der Waals surface area contributed by atoms with Gasteiger partial charge in [-0.25, -0.2) is 4.99 Å². The molecule has 0 fully saturated rings. The summed E-state index contributed by atoms with van der Waals surface area (Å²) < 4.78 is 0. The second-order valence-electron chi connectivity index (χ2n) is 18.4. The lowest BCUT2D eigenvalue weighted by Gasteiger charge is -2.12. The molecule has 0 spiro atoms. The van der Waals surface area contributed by atoms with Crippen LogP contribution in [0.3, 0.4) is 0 Å². The molecule has 0 saturated carbocycles. The number of unbranched alkanes of at least 4 members (excludes halogenated alkanes) is 25. The van der Waals surface area contributed by atoms with Crippen molar-refractivity contribution in [3.05, 3.63) is 70.8 Å². The number of aryl methyl sites for hydroxylation is 4. The Hall–Kier alpha value is -2.48. The van der Waals surface area contributed by atoms with Crippen LogP contribution in [0.4, 0.5) is 11.4 Å². The van der Waals surface area contributed by atoms with Crippen molar-refractivity contribution in [3.8, 4) is 0 Å². The van der Waals surface area contributed by atoms with Gasteiger partial charge in [-0.2, -0.15) is 0 Å². The van der Waals surface area contributed by atoms with Crippen LogP contribution in [0.15, 0.2) is 58.5 Å². The molecular weight excluding hydrogens is 725 g/mol. The number of hydrogen-bond donors (Lipinski definition) is 0. The Bertz CT molecular complexity index is 1400. The van der Waals surface area contributed by atoms with Gasteiger partial charge in [-0.1, -0.05) is 240 Å². The second kappa shape index (κ2) is 38.2. The maximum absolute atomic E-state index is 5.39. The van der Waals surface area contributed by atoms with Gasteiger partial charge in [0.25, 0.3) is 0 Å². The van der Waals surface area contributed by atoms with E-state index in [4.69, 9.17) is 9.98 Å². The average molecular weight is 823 g/mol. The molecule has 2 nitrogen and oxygen atoms in total. The molecule has 0 N–H and O–H groups in total. The van der Waals surface area contributed by atoms with E-state index in [1.807, 2.05) is 0 Å². The van der Waals surface area contributed by atoms with Crippen LogP contribution in [0.5, 0.6) is 0 Å². The van der Waals surface area contributed by atoms with E-state index in [0.29, 0.717) is 0 Å². The molecule has 2 aromatic rings. The molecule has 0 atom stereocenters. The van der Waals surface area contributed by atoms with Gasteiger partial charge in [0.15, 0.2) is 0 Å². The Morgan fingerprint density at radius 1 is 0.367 bits per heavy atom. The predicted molar refractivity (Wildman–Crippen MR) is 273 cm³/mol. The zero-order chi connectivity index (χ0) is 43.1. The van der Waals surface area contributed by atoms with E-state index < -0.39 is 0 Å². The molecule has 0 radical (unpaired) electrons. The van der Waals surface area contributed by atoms with E-state index in [9.17, 15) is 0 Å². The molecule has 0 aliphatic heterocycles. The maximum atomic E-state index is 5.39. The molecule has 340 valence electrons. The highest BCUT2D eigenvalue weighted by Crippen LogP contribution is 2.26. The van der Waals surface area contributed by atoms with Crippen LogP contribution in [-0.2, 0) is 25.7 Å². The first-order valence-electron chi connectivity index (χ1n) is 26.7. The first kappa shape index (κ1) is 53.7. The zero-order valence-electron chi connectivity index (χ0n) is 41.0. The predicted octanol–water partition coefficient (Wildman–Crippen LogP) is 19.9. The minimum atomic E-state index is 0.953. The quantitative estimate of drug-likeness (QED) is 0.0472. The Morgan fingerprint density at radius 2 is 0.717 bits per heavy atom. The van der Waals surface area contributed by atoms with Gasteiger partial charge in [0.05, 0.1) is 22.8 Å². The maximum Gasteiger partial charge on any atom is 0.0848 e. The van der Waals surface area contributed by atoms with E-state index in [1.54, 1.807) is 0 Å². The number of nitrogens with zero attached hydrogens (tertiary/aromatic N) is 2. The van der Waals surface area contributed by atoms with E-state index in [-0.39, 0.29) is 0 Å². The van der Waals surface area contributed by atoms with E-state index in [2.05, 4.69) is 90.1 Å². The fourth-order valence-electron chi connectivity index (χ4n) is 8.89. The summed E-state index contributed by atoms with van der Waals surface area (Å²) in [4.78, 5) is 10.8. The summed E-state index contributed by atoms with van der Waals surface area (Å²) in [6, 6.07) is 13.9. The normalized spacial score (nSPS) is 12.4. The van der Waals surface area contributed by atoms with E-state index in [1.165, 1.54) is 189 Å². The van der Waals surface area contributed by atoms with Crippen molar-refractivity contribution in [2.45, 2.75) is 273 Å². The van der Waals surface area contributed by atoms with Crippen LogP contribution in [0.25, 0.3) is 0 Å². The Labute approximate surface area is 374 Å². The van der Waals surface area contributed by atoms with E-state index >= 15 is 0 Å².